The molecule has 1 fully saturated rings. The molecular formula is C26H21B2F3N4O. The molecule has 0 saturated heterocycles. The monoisotopic (exact) mass is 484 g/mol. The first-order chi connectivity index (χ1) is 17.1. The Kier molecular flexibility index (Phi) is 4.23. The average Bonchev–Trinajstić information content (AvgIpc) is 3.57. The predicted molar refractivity (Wildman–Crippen MR) is 134 cm³/mol. The first-order valence-electron chi connectivity index (χ1n) is 12.1. The van der Waals surface area contributed by atoms with Crippen LogP contribution < -0.4 is 5.46 Å². The van der Waals surface area contributed by atoms with E-state index in [-0.39, 0.29) is 11.4 Å². The van der Waals surface area contributed by atoms with Gasteiger partial charge in [-0.1, -0.05) is 23.7 Å². The summed E-state index contributed by atoms with van der Waals surface area (Å²) in [4.78, 5) is 19.8. The van der Waals surface area contributed by atoms with Gasteiger partial charge in [0.15, 0.2) is 7.28 Å². The highest BCUT2D eigenvalue weighted by molar-refractivity contribution is 6.67. The first-order valence-corrected chi connectivity index (χ1v) is 12.1. The van der Waals surface area contributed by atoms with Gasteiger partial charge in [0.2, 0.25) is 0 Å². The van der Waals surface area contributed by atoms with Crippen LogP contribution >= 0.6 is 0 Å². The number of fused-ring (bicyclic) bond motifs is 5. The van der Waals surface area contributed by atoms with E-state index >= 15 is 0 Å². The van der Waals surface area contributed by atoms with E-state index < -0.39 is 17.1 Å². The molecule has 1 unspecified atom stereocenters. The van der Waals surface area contributed by atoms with Crippen molar-refractivity contribution < 1.29 is 18.0 Å². The highest BCUT2D eigenvalue weighted by Crippen LogP contribution is 2.47. The maximum atomic E-state index is 13.7. The maximum Gasteiger partial charge on any atom is 0.418 e. The molecule has 36 heavy (non-hydrogen) atoms. The van der Waals surface area contributed by atoms with Crippen molar-refractivity contribution in [3.05, 3.63) is 76.7 Å². The number of pyridine rings is 1. The van der Waals surface area contributed by atoms with E-state index in [1.165, 1.54) is 15.8 Å². The third kappa shape index (κ3) is 2.96. The second-order valence-corrected chi connectivity index (χ2v) is 10.4. The van der Waals surface area contributed by atoms with Crippen LogP contribution in [0, 0.1) is 0 Å². The maximum absolute atomic E-state index is 13.7. The summed E-state index contributed by atoms with van der Waals surface area (Å²) in [6, 6.07) is 10.6. The Morgan fingerprint density at radius 1 is 1.17 bits per heavy atom. The summed E-state index contributed by atoms with van der Waals surface area (Å²) < 4.78 is 42.5. The molecule has 4 aromatic rings. The standard InChI is InChI=1S/C26H21B2F3N4O/c1-34-11-19-15(6-7-20(22(19)33-34)26(29,30)31)14-9-17(13-4-5-13)18-12-35-24(36)16-3-2-8-32-23(16)25(35,27)28-21(18)10-14/h2-3,6-11,13,28H,4-5,12,27H2,1H3. The summed E-state index contributed by atoms with van der Waals surface area (Å²) in [6.45, 7) is 0.516. The van der Waals surface area contributed by atoms with E-state index in [4.69, 9.17) is 0 Å². The minimum absolute atomic E-state index is 0.0110. The molecule has 4 heterocycles. The van der Waals surface area contributed by atoms with Gasteiger partial charge in [0, 0.05) is 36.7 Å². The number of carbonyl (C=O) groups excluding carboxylic acids is 1. The molecule has 2 aliphatic heterocycles. The molecule has 0 spiro atoms. The number of carbonyl (C=O) groups is 1. The number of aryl methyl sites for hydroxylation is 1. The fourth-order valence-corrected chi connectivity index (χ4v) is 6.18. The van der Waals surface area contributed by atoms with Crippen molar-refractivity contribution in [2.45, 2.75) is 36.8 Å². The zero-order chi connectivity index (χ0) is 25.0. The quantitative estimate of drug-likeness (QED) is 0.412. The number of aromatic nitrogens is 3. The van der Waals surface area contributed by atoms with Gasteiger partial charge in [-0.2, -0.15) is 18.3 Å². The normalized spacial score (nSPS) is 20.8. The second kappa shape index (κ2) is 7.02. The molecule has 0 N–H and O–H groups in total. The van der Waals surface area contributed by atoms with Crippen LogP contribution in [0.25, 0.3) is 22.0 Å². The summed E-state index contributed by atoms with van der Waals surface area (Å²) >= 11 is 0. The molecule has 10 heteroatoms. The molecule has 1 aliphatic carbocycles. The van der Waals surface area contributed by atoms with E-state index in [0.29, 0.717) is 30.7 Å². The molecule has 2 aromatic heterocycles. The Morgan fingerprint density at radius 2 is 1.97 bits per heavy atom. The Labute approximate surface area is 207 Å². The van der Waals surface area contributed by atoms with Gasteiger partial charge in [-0.05, 0) is 59.2 Å². The van der Waals surface area contributed by atoms with Gasteiger partial charge in [0.1, 0.15) is 13.4 Å². The van der Waals surface area contributed by atoms with Gasteiger partial charge in [0.25, 0.3) is 5.91 Å². The van der Waals surface area contributed by atoms with Crippen molar-refractivity contribution in [2.75, 3.05) is 0 Å². The van der Waals surface area contributed by atoms with E-state index in [1.807, 2.05) is 11.0 Å². The van der Waals surface area contributed by atoms with Crippen LogP contribution in [0.15, 0.2) is 48.8 Å². The molecule has 1 amide bonds. The van der Waals surface area contributed by atoms with E-state index in [9.17, 15) is 18.0 Å². The highest BCUT2D eigenvalue weighted by Gasteiger charge is 2.51. The summed E-state index contributed by atoms with van der Waals surface area (Å²) in [5.41, 5.74) is 5.84. The number of hydrogen-bond donors (Lipinski definition) is 0. The zero-order valence-corrected chi connectivity index (χ0v) is 19.9. The van der Waals surface area contributed by atoms with Crippen molar-refractivity contribution in [1.82, 2.24) is 19.7 Å². The lowest BCUT2D eigenvalue weighted by Crippen LogP contribution is -2.57. The SMILES string of the molecule is BC12Bc3cc(-c4ccc(C(F)(F)F)c5nn(C)cc45)cc(C4CC4)c3CN1C(=O)c1cccnc12. The predicted octanol–water partition coefficient (Wildman–Crippen LogP) is 3.01. The molecule has 3 aliphatic rings. The van der Waals surface area contributed by atoms with E-state index in [0.717, 1.165) is 41.2 Å². The number of rotatable bonds is 2. The zero-order valence-electron chi connectivity index (χ0n) is 19.9. The molecule has 0 radical (unpaired) electrons. The molecule has 1 atom stereocenters. The third-order valence-corrected chi connectivity index (χ3v) is 8.04. The van der Waals surface area contributed by atoms with Crippen molar-refractivity contribution in [3.8, 4) is 11.1 Å². The Bertz CT molecular complexity index is 1610. The summed E-state index contributed by atoms with van der Waals surface area (Å²) in [5.74, 6) is 0.428. The summed E-state index contributed by atoms with van der Waals surface area (Å²) in [7, 11) is 4.32. The van der Waals surface area contributed by atoms with Crippen molar-refractivity contribution >= 4 is 37.4 Å². The second-order valence-electron chi connectivity index (χ2n) is 10.4. The minimum Gasteiger partial charge on any atom is -0.338 e. The largest absolute Gasteiger partial charge is 0.418 e. The lowest BCUT2D eigenvalue weighted by Gasteiger charge is -2.41. The van der Waals surface area contributed by atoms with Crippen LogP contribution in [0.4, 0.5) is 13.2 Å². The Morgan fingerprint density at radius 3 is 2.72 bits per heavy atom. The number of alkyl halides is 3. The third-order valence-electron chi connectivity index (χ3n) is 8.04. The van der Waals surface area contributed by atoms with Gasteiger partial charge in [-0.3, -0.25) is 14.5 Å². The molecule has 5 nitrogen and oxygen atoms in total. The molecule has 2 aromatic carbocycles. The van der Waals surface area contributed by atoms with Gasteiger partial charge in [-0.25, -0.2) is 0 Å². The molecule has 7 rings (SSSR count). The van der Waals surface area contributed by atoms with Crippen LogP contribution in [-0.4, -0.2) is 40.7 Å². The topological polar surface area (TPSA) is 51.0 Å². The number of amides is 1. The molecule has 1 saturated carbocycles. The lowest BCUT2D eigenvalue weighted by molar-refractivity contribution is -0.136. The van der Waals surface area contributed by atoms with Gasteiger partial charge < -0.3 is 4.90 Å². The molecular weight excluding hydrogens is 463 g/mol. The number of hydrogen-bond acceptors (Lipinski definition) is 3. The Hall–Kier alpha value is -3.55. The Balaban J connectivity index is 1.42. The van der Waals surface area contributed by atoms with Crippen LogP contribution in [-0.2, 0) is 25.1 Å². The van der Waals surface area contributed by atoms with Crippen LogP contribution in [0.2, 0.25) is 0 Å². The number of halogens is 3. The summed E-state index contributed by atoms with van der Waals surface area (Å²) in [6.07, 6.45) is 1.07. The van der Waals surface area contributed by atoms with E-state index in [1.54, 1.807) is 31.6 Å². The van der Waals surface area contributed by atoms with Gasteiger partial charge >= 0.3 is 6.18 Å². The summed E-state index contributed by atoms with van der Waals surface area (Å²) in [5, 5.41) is 4.09. The highest BCUT2D eigenvalue weighted by atomic mass is 19.4. The number of benzene rings is 2. The minimum atomic E-state index is -4.48. The number of nitrogens with zero attached hydrogens (tertiary/aromatic N) is 4. The van der Waals surface area contributed by atoms with E-state index in [2.05, 4.69) is 30.1 Å². The molecule has 178 valence electrons. The van der Waals surface area contributed by atoms with Gasteiger partial charge in [0.05, 0.1) is 16.8 Å². The smallest absolute Gasteiger partial charge is 0.338 e. The molecule has 0 bridgehead atoms. The van der Waals surface area contributed by atoms with Gasteiger partial charge in [-0.15, -0.1) is 0 Å². The first kappa shape index (κ1) is 21.7. The lowest BCUT2D eigenvalue weighted by atomic mass is 9.41. The average molecular weight is 484 g/mol. The fourth-order valence-electron chi connectivity index (χ4n) is 6.18. The van der Waals surface area contributed by atoms with Crippen molar-refractivity contribution in [2.24, 2.45) is 7.05 Å². The fraction of sp³-hybridized carbons (Fsp3) is 0.269. The van der Waals surface area contributed by atoms with Crippen LogP contribution in [0.1, 0.15) is 51.5 Å². The van der Waals surface area contributed by atoms with Crippen molar-refractivity contribution in [1.29, 1.82) is 0 Å². The van der Waals surface area contributed by atoms with Crippen LogP contribution in [0.5, 0.6) is 0 Å². The van der Waals surface area contributed by atoms with Crippen molar-refractivity contribution in [3.63, 3.8) is 0 Å². The van der Waals surface area contributed by atoms with Crippen LogP contribution in [0.3, 0.4) is 0 Å².